The molecule has 1 saturated heterocycles. The summed E-state index contributed by atoms with van der Waals surface area (Å²) in [5, 5.41) is 12.3. The van der Waals surface area contributed by atoms with Crippen molar-refractivity contribution in [3.8, 4) is 11.4 Å². The number of aryl methyl sites for hydroxylation is 2. The van der Waals surface area contributed by atoms with Gasteiger partial charge in [-0.2, -0.15) is 0 Å². The number of hydrogen-bond acceptors (Lipinski definition) is 4. The quantitative estimate of drug-likeness (QED) is 0.359. The smallest absolute Gasteiger partial charge is 0.270 e. The fourth-order valence-electron chi connectivity index (χ4n) is 3.94. The summed E-state index contributed by atoms with van der Waals surface area (Å²) in [6.07, 6.45) is 1.61. The van der Waals surface area contributed by atoms with Crippen LogP contribution in [0.15, 0.2) is 54.1 Å². The second-order valence-electron chi connectivity index (χ2n) is 7.86. The molecule has 0 saturated carbocycles. The summed E-state index contributed by atoms with van der Waals surface area (Å²) in [5.41, 5.74) is 6.05. The zero-order chi connectivity index (χ0) is 23.2. The van der Waals surface area contributed by atoms with Crippen molar-refractivity contribution in [2.24, 2.45) is 0 Å². The molecule has 2 heterocycles. The molecule has 2 N–H and O–H groups in total. The molecule has 32 heavy (non-hydrogen) atoms. The largest absolute Gasteiger partial charge is 0.508 e. The van der Waals surface area contributed by atoms with Crippen molar-refractivity contribution in [3.63, 3.8) is 0 Å². The molecule has 2 amide bonds. The molecule has 4 rings (SSSR count). The molecule has 2 aromatic carbocycles. The number of amides is 2. The van der Waals surface area contributed by atoms with Crippen LogP contribution in [-0.4, -0.2) is 26.6 Å². The Morgan fingerprint density at radius 3 is 2.38 bits per heavy atom. The van der Waals surface area contributed by atoms with Gasteiger partial charge >= 0.3 is 0 Å². The highest BCUT2D eigenvalue weighted by molar-refractivity contribution is 7.80. The van der Waals surface area contributed by atoms with Crippen LogP contribution in [0.5, 0.6) is 5.75 Å². The topological polar surface area (TPSA) is 74.6 Å². The molecule has 1 aromatic heterocycles. The number of aromatic nitrogens is 1. The number of carbonyl (C=O) groups is 2. The van der Waals surface area contributed by atoms with Gasteiger partial charge in [-0.15, -0.1) is 0 Å². The van der Waals surface area contributed by atoms with Crippen molar-refractivity contribution in [1.29, 1.82) is 0 Å². The summed E-state index contributed by atoms with van der Waals surface area (Å²) in [4.78, 5) is 27.5. The molecule has 6 nitrogen and oxygen atoms in total. The minimum absolute atomic E-state index is 0.0189. The van der Waals surface area contributed by atoms with Gasteiger partial charge in [-0.3, -0.25) is 19.8 Å². The maximum absolute atomic E-state index is 13.4. The molecule has 1 aliphatic rings. The number of phenols is 1. The maximum atomic E-state index is 13.4. The first-order valence-electron chi connectivity index (χ1n) is 10.1. The molecule has 1 aliphatic heterocycles. The minimum Gasteiger partial charge on any atom is -0.508 e. The third-order valence-corrected chi connectivity index (χ3v) is 6.08. The summed E-state index contributed by atoms with van der Waals surface area (Å²) in [6, 6.07) is 14.4. The average Bonchev–Trinajstić information content (AvgIpc) is 3.02. The molecule has 0 radical (unpaired) electrons. The van der Waals surface area contributed by atoms with E-state index >= 15 is 0 Å². The molecule has 0 atom stereocenters. The van der Waals surface area contributed by atoms with Gasteiger partial charge in [0.05, 0.1) is 5.69 Å². The molecular formula is C25H23N3O3S. The van der Waals surface area contributed by atoms with Crippen LogP contribution in [0.4, 0.5) is 5.69 Å². The molecule has 3 aromatic rings. The van der Waals surface area contributed by atoms with Crippen LogP contribution in [0, 0.1) is 27.7 Å². The van der Waals surface area contributed by atoms with Crippen molar-refractivity contribution >= 4 is 40.9 Å². The first-order chi connectivity index (χ1) is 15.2. The zero-order valence-corrected chi connectivity index (χ0v) is 19.1. The molecular weight excluding hydrogens is 422 g/mol. The van der Waals surface area contributed by atoms with Crippen molar-refractivity contribution in [2.75, 3.05) is 4.90 Å². The van der Waals surface area contributed by atoms with E-state index in [0.717, 1.165) is 33.8 Å². The fraction of sp³-hybridized carbons (Fsp3) is 0.160. The molecule has 0 aliphatic carbocycles. The van der Waals surface area contributed by atoms with Gasteiger partial charge in [0, 0.05) is 17.1 Å². The van der Waals surface area contributed by atoms with E-state index < -0.39 is 11.8 Å². The van der Waals surface area contributed by atoms with Gasteiger partial charge in [-0.1, -0.05) is 12.1 Å². The Labute approximate surface area is 191 Å². The predicted molar refractivity (Wildman–Crippen MR) is 129 cm³/mol. The Morgan fingerprint density at radius 2 is 1.69 bits per heavy atom. The highest BCUT2D eigenvalue weighted by Gasteiger charge is 2.35. The zero-order valence-electron chi connectivity index (χ0n) is 18.3. The molecule has 1 fully saturated rings. The van der Waals surface area contributed by atoms with Crippen LogP contribution in [0.25, 0.3) is 11.8 Å². The number of anilines is 1. The van der Waals surface area contributed by atoms with Crippen LogP contribution in [0.3, 0.4) is 0 Å². The standard InChI is InChI=1S/C25H23N3O3S/c1-14-6-5-7-22(16(14)3)28-24(31)21(23(30)26-25(28)32)13-18-12-15(2)27(17(18)4)19-8-10-20(29)11-9-19/h5-13,29H,1-4H3,(H,26,30,32)/b21-13+. The van der Waals surface area contributed by atoms with Crippen LogP contribution >= 0.6 is 12.2 Å². The average molecular weight is 446 g/mol. The SMILES string of the molecule is Cc1cccc(N2C(=O)/C(=C/c3cc(C)n(-c4ccc(O)cc4)c3C)C(=O)NC2=S)c1C. The van der Waals surface area contributed by atoms with Gasteiger partial charge in [0.2, 0.25) is 0 Å². The number of nitrogens with zero attached hydrogens (tertiary/aromatic N) is 2. The first kappa shape index (κ1) is 21.5. The summed E-state index contributed by atoms with van der Waals surface area (Å²) >= 11 is 5.33. The highest BCUT2D eigenvalue weighted by Crippen LogP contribution is 2.29. The molecule has 0 unspecified atom stereocenters. The molecule has 0 spiro atoms. The Balaban J connectivity index is 1.78. The Kier molecular flexibility index (Phi) is 5.44. The fourth-order valence-corrected chi connectivity index (χ4v) is 4.22. The maximum Gasteiger partial charge on any atom is 0.270 e. The predicted octanol–water partition coefficient (Wildman–Crippen LogP) is 4.25. The van der Waals surface area contributed by atoms with E-state index in [1.54, 1.807) is 18.2 Å². The molecule has 162 valence electrons. The second kappa shape index (κ2) is 8.09. The number of rotatable bonds is 3. The lowest BCUT2D eigenvalue weighted by Crippen LogP contribution is -2.54. The number of thiocarbonyl (C=S) groups is 1. The van der Waals surface area contributed by atoms with Gasteiger partial charge < -0.3 is 9.67 Å². The van der Waals surface area contributed by atoms with Crippen molar-refractivity contribution in [2.45, 2.75) is 27.7 Å². The number of phenolic OH excluding ortho intramolecular Hbond substituents is 1. The van der Waals surface area contributed by atoms with Gasteiger partial charge in [0.15, 0.2) is 5.11 Å². The Hall–Kier alpha value is -3.71. The normalized spacial score (nSPS) is 15.4. The first-order valence-corrected chi connectivity index (χ1v) is 10.6. The number of nitrogens with one attached hydrogen (secondary N) is 1. The number of aromatic hydroxyl groups is 1. The summed E-state index contributed by atoms with van der Waals surface area (Å²) in [6.45, 7) is 7.75. The van der Waals surface area contributed by atoms with Crippen LogP contribution < -0.4 is 10.2 Å². The van der Waals surface area contributed by atoms with Gasteiger partial charge in [-0.25, -0.2) is 0 Å². The third-order valence-electron chi connectivity index (χ3n) is 5.80. The lowest BCUT2D eigenvalue weighted by Gasteiger charge is -2.30. The summed E-state index contributed by atoms with van der Waals surface area (Å²) < 4.78 is 2.00. The second-order valence-corrected chi connectivity index (χ2v) is 8.24. The lowest BCUT2D eigenvalue weighted by atomic mass is 10.0. The summed E-state index contributed by atoms with van der Waals surface area (Å²) in [5.74, 6) is -0.789. The number of benzene rings is 2. The van der Waals surface area contributed by atoms with E-state index in [1.807, 2.05) is 68.7 Å². The van der Waals surface area contributed by atoms with Gasteiger partial charge in [0.25, 0.3) is 11.8 Å². The van der Waals surface area contributed by atoms with E-state index in [1.165, 1.54) is 4.90 Å². The van der Waals surface area contributed by atoms with E-state index in [-0.39, 0.29) is 16.4 Å². The van der Waals surface area contributed by atoms with E-state index in [2.05, 4.69) is 5.32 Å². The van der Waals surface area contributed by atoms with Crippen molar-refractivity contribution in [3.05, 3.63) is 82.2 Å². The third kappa shape index (κ3) is 3.61. The van der Waals surface area contributed by atoms with Gasteiger partial charge in [-0.05, 0) is 99.1 Å². The van der Waals surface area contributed by atoms with E-state index in [0.29, 0.717) is 5.69 Å². The number of hydrogen-bond donors (Lipinski definition) is 2. The Morgan fingerprint density at radius 1 is 1.00 bits per heavy atom. The Bertz CT molecular complexity index is 1300. The highest BCUT2D eigenvalue weighted by atomic mass is 32.1. The minimum atomic E-state index is -0.518. The number of carbonyl (C=O) groups excluding carboxylic acids is 2. The summed E-state index contributed by atoms with van der Waals surface area (Å²) in [7, 11) is 0. The lowest BCUT2D eigenvalue weighted by molar-refractivity contribution is -0.122. The van der Waals surface area contributed by atoms with Crippen molar-refractivity contribution in [1.82, 2.24) is 9.88 Å². The van der Waals surface area contributed by atoms with Crippen LogP contribution in [0.2, 0.25) is 0 Å². The van der Waals surface area contributed by atoms with E-state index in [9.17, 15) is 14.7 Å². The molecule has 7 heteroatoms. The van der Waals surface area contributed by atoms with Crippen LogP contribution in [-0.2, 0) is 9.59 Å². The monoisotopic (exact) mass is 445 g/mol. The van der Waals surface area contributed by atoms with Crippen LogP contribution in [0.1, 0.15) is 28.1 Å². The molecule has 0 bridgehead atoms. The van der Waals surface area contributed by atoms with Crippen molar-refractivity contribution < 1.29 is 14.7 Å². The van der Waals surface area contributed by atoms with Gasteiger partial charge in [0.1, 0.15) is 11.3 Å². The van der Waals surface area contributed by atoms with E-state index in [4.69, 9.17) is 12.2 Å².